The van der Waals surface area contributed by atoms with Gasteiger partial charge in [-0.2, -0.15) is 0 Å². The molecule has 0 amide bonds. The number of hydrogen-bond acceptors (Lipinski definition) is 5. The Morgan fingerprint density at radius 2 is 1.85 bits per heavy atom. The van der Waals surface area contributed by atoms with E-state index in [4.69, 9.17) is 19.2 Å². The van der Waals surface area contributed by atoms with Crippen LogP contribution in [0.25, 0.3) is 11.1 Å². The number of nitrogens with zero attached hydrogens (tertiary/aromatic N) is 2. The van der Waals surface area contributed by atoms with E-state index in [0.29, 0.717) is 12.5 Å². The first-order valence-electron chi connectivity index (χ1n) is 9.06. The number of hydrogen-bond donors (Lipinski definition) is 0. The van der Waals surface area contributed by atoms with E-state index in [1.54, 1.807) is 20.4 Å². The molecular formula is C22H22N2O3. The molecule has 0 N–H and O–H groups in total. The Morgan fingerprint density at radius 3 is 2.63 bits per heavy atom. The third-order valence-corrected chi connectivity index (χ3v) is 4.82. The van der Waals surface area contributed by atoms with Crippen LogP contribution in [0.15, 0.2) is 48.7 Å². The maximum absolute atomic E-state index is 5.95. The fraction of sp³-hybridized carbons (Fsp3) is 0.273. The van der Waals surface area contributed by atoms with Crippen LogP contribution in [-0.2, 0) is 19.4 Å². The molecule has 1 aromatic carbocycles. The van der Waals surface area contributed by atoms with E-state index in [1.807, 2.05) is 36.4 Å². The Balaban J connectivity index is 1.69. The maximum atomic E-state index is 5.95. The standard InChI is InChI=1S/C22H22N2O3/c1-25-20-10-9-15(12-21(20)26-2)18-13-22(24-19-8-5-7-17(18)19)27-14-16-6-3-4-11-23-16/h3-4,6,9-13H,5,7-8,14H2,1-2H3. The summed E-state index contributed by atoms with van der Waals surface area (Å²) in [6.45, 7) is 0.401. The highest BCUT2D eigenvalue weighted by Crippen LogP contribution is 2.38. The zero-order valence-corrected chi connectivity index (χ0v) is 15.6. The van der Waals surface area contributed by atoms with E-state index in [-0.39, 0.29) is 0 Å². The summed E-state index contributed by atoms with van der Waals surface area (Å²) in [5, 5.41) is 0. The molecule has 0 fully saturated rings. The lowest BCUT2D eigenvalue weighted by Crippen LogP contribution is -2.02. The van der Waals surface area contributed by atoms with Gasteiger partial charge in [0.2, 0.25) is 5.88 Å². The quantitative estimate of drug-likeness (QED) is 0.657. The van der Waals surface area contributed by atoms with Crippen LogP contribution in [0.5, 0.6) is 17.4 Å². The summed E-state index contributed by atoms with van der Waals surface area (Å²) in [4.78, 5) is 9.03. The van der Waals surface area contributed by atoms with Crippen LogP contribution < -0.4 is 14.2 Å². The summed E-state index contributed by atoms with van der Waals surface area (Å²) in [6.07, 6.45) is 4.90. The number of pyridine rings is 2. The number of benzene rings is 1. The lowest BCUT2D eigenvalue weighted by molar-refractivity contribution is 0.288. The molecule has 5 nitrogen and oxygen atoms in total. The van der Waals surface area contributed by atoms with Crippen LogP contribution in [0.1, 0.15) is 23.4 Å². The van der Waals surface area contributed by atoms with Gasteiger partial charge < -0.3 is 14.2 Å². The molecule has 3 aromatic rings. The third kappa shape index (κ3) is 3.58. The molecule has 0 unspecified atom stereocenters. The van der Waals surface area contributed by atoms with Gasteiger partial charge in [-0.3, -0.25) is 4.98 Å². The maximum Gasteiger partial charge on any atom is 0.214 e. The minimum Gasteiger partial charge on any atom is -0.493 e. The molecule has 5 heteroatoms. The van der Waals surface area contributed by atoms with Crippen molar-refractivity contribution in [1.82, 2.24) is 9.97 Å². The molecule has 138 valence electrons. The van der Waals surface area contributed by atoms with Crippen molar-refractivity contribution < 1.29 is 14.2 Å². The van der Waals surface area contributed by atoms with E-state index in [9.17, 15) is 0 Å². The molecule has 0 saturated carbocycles. The van der Waals surface area contributed by atoms with Crippen molar-refractivity contribution in [2.75, 3.05) is 14.2 Å². The van der Waals surface area contributed by atoms with Crippen molar-refractivity contribution in [2.24, 2.45) is 0 Å². The molecule has 0 bridgehead atoms. The second-order valence-corrected chi connectivity index (χ2v) is 6.47. The Hall–Kier alpha value is -3.08. The first-order valence-corrected chi connectivity index (χ1v) is 9.06. The van der Waals surface area contributed by atoms with Crippen molar-refractivity contribution in [2.45, 2.75) is 25.9 Å². The van der Waals surface area contributed by atoms with Gasteiger partial charge in [-0.25, -0.2) is 4.98 Å². The zero-order valence-electron chi connectivity index (χ0n) is 15.6. The van der Waals surface area contributed by atoms with Crippen molar-refractivity contribution >= 4 is 0 Å². The molecule has 4 rings (SSSR count). The normalized spacial score (nSPS) is 12.5. The van der Waals surface area contributed by atoms with Gasteiger partial charge in [0.25, 0.3) is 0 Å². The average Bonchev–Trinajstić information content (AvgIpc) is 3.20. The minimum atomic E-state index is 0.401. The second kappa shape index (κ2) is 7.66. The van der Waals surface area contributed by atoms with Crippen molar-refractivity contribution in [3.63, 3.8) is 0 Å². The molecule has 2 heterocycles. The van der Waals surface area contributed by atoms with Gasteiger partial charge in [-0.05, 0) is 60.2 Å². The summed E-state index contributed by atoms with van der Waals surface area (Å²) in [7, 11) is 3.30. The van der Waals surface area contributed by atoms with Crippen LogP contribution in [0.3, 0.4) is 0 Å². The number of aryl methyl sites for hydroxylation is 1. The molecule has 27 heavy (non-hydrogen) atoms. The van der Waals surface area contributed by atoms with E-state index in [0.717, 1.165) is 53.3 Å². The Labute approximate surface area is 159 Å². The highest BCUT2D eigenvalue weighted by atomic mass is 16.5. The Morgan fingerprint density at radius 1 is 0.963 bits per heavy atom. The van der Waals surface area contributed by atoms with Crippen LogP contribution >= 0.6 is 0 Å². The Kier molecular flexibility index (Phi) is 4.92. The molecular weight excluding hydrogens is 340 g/mol. The van der Waals surface area contributed by atoms with E-state index in [1.165, 1.54) is 5.56 Å². The van der Waals surface area contributed by atoms with Crippen molar-refractivity contribution in [3.05, 3.63) is 65.6 Å². The first kappa shape index (κ1) is 17.3. The number of fused-ring (bicyclic) bond motifs is 1. The fourth-order valence-electron chi connectivity index (χ4n) is 3.48. The lowest BCUT2D eigenvalue weighted by Gasteiger charge is -2.14. The first-order chi connectivity index (χ1) is 13.3. The van der Waals surface area contributed by atoms with E-state index in [2.05, 4.69) is 11.1 Å². The fourth-order valence-corrected chi connectivity index (χ4v) is 3.48. The number of ether oxygens (including phenoxy) is 3. The topological polar surface area (TPSA) is 53.5 Å². The van der Waals surface area contributed by atoms with Gasteiger partial charge in [0.15, 0.2) is 11.5 Å². The predicted molar refractivity (Wildman–Crippen MR) is 103 cm³/mol. The van der Waals surface area contributed by atoms with Crippen molar-refractivity contribution in [3.8, 4) is 28.5 Å². The van der Waals surface area contributed by atoms with Crippen LogP contribution in [0, 0.1) is 0 Å². The van der Waals surface area contributed by atoms with Gasteiger partial charge in [0.05, 0.1) is 19.9 Å². The SMILES string of the molecule is COc1ccc(-c2cc(OCc3ccccn3)nc3c2CCC3)cc1OC. The number of aromatic nitrogens is 2. The molecule has 2 aromatic heterocycles. The van der Waals surface area contributed by atoms with Crippen LogP contribution in [-0.4, -0.2) is 24.2 Å². The summed E-state index contributed by atoms with van der Waals surface area (Å²) >= 11 is 0. The van der Waals surface area contributed by atoms with Crippen molar-refractivity contribution in [1.29, 1.82) is 0 Å². The molecule has 0 atom stereocenters. The molecule has 1 aliphatic rings. The molecule has 0 aliphatic heterocycles. The highest BCUT2D eigenvalue weighted by Gasteiger charge is 2.20. The van der Waals surface area contributed by atoms with Gasteiger partial charge in [0, 0.05) is 18.0 Å². The minimum absolute atomic E-state index is 0.401. The summed E-state index contributed by atoms with van der Waals surface area (Å²) in [6, 6.07) is 13.8. The predicted octanol–water partition coefficient (Wildman–Crippen LogP) is 4.23. The average molecular weight is 362 g/mol. The summed E-state index contributed by atoms with van der Waals surface area (Å²) in [5.74, 6) is 2.07. The van der Waals surface area contributed by atoms with Gasteiger partial charge in [-0.1, -0.05) is 12.1 Å². The highest BCUT2D eigenvalue weighted by molar-refractivity contribution is 5.72. The van der Waals surface area contributed by atoms with Crippen LogP contribution in [0.2, 0.25) is 0 Å². The van der Waals surface area contributed by atoms with Gasteiger partial charge in [0.1, 0.15) is 6.61 Å². The third-order valence-electron chi connectivity index (χ3n) is 4.82. The Bertz CT molecular complexity index is 942. The van der Waals surface area contributed by atoms with E-state index >= 15 is 0 Å². The van der Waals surface area contributed by atoms with Crippen LogP contribution in [0.4, 0.5) is 0 Å². The van der Waals surface area contributed by atoms with Gasteiger partial charge in [-0.15, -0.1) is 0 Å². The molecule has 0 saturated heterocycles. The zero-order chi connectivity index (χ0) is 18.6. The summed E-state index contributed by atoms with van der Waals surface area (Å²) < 4.78 is 16.8. The molecule has 0 radical (unpaired) electrons. The number of rotatable bonds is 6. The number of methoxy groups -OCH3 is 2. The second-order valence-electron chi connectivity index (χ2n) is 6.47. The largest absolute Gasteiger partial charge is 0.493 e. The van der Waals surface area contributed by atoms with E-state index < -0.39 is 0 Å². The van der Waals surface area contributed by atoms with Gasteiger partial charge >= 0.3 is 0 Å². The summed E-state index contributed by atoms with van der Waals surface area (Å²) in [5.41, 5.74) is 5.53. The molecule has 0 spiro atoms. The molecule has 1 aliphatic carbocycles. The smallest absolute Gasteiger partial charge is 0.214 e. The lowest BCUT2D eigenvalue weighted by atomic mass is 9.99. The monoisotopic (exact) mass is 362 g/mol.